The average molecular weight is 328 g/mol. The normalized spacial score (nSPS) is 12.3. The molecule has 0 aliphatic rings. The Labute approximate surface area is 134 Å². The maximum absolute atomic E-state index is 11.5. The van der Waals surface area contributed by atoms with Crippen LogP contribution in [0, 0.1) is 0 Å². The van der Waals surface area contributed by atoms with Gasteiger partial charge in [0, 0.05) is 25.0 Å². The molecule has 8 nitrogen and oxygen atoms in total. The summed E-state index contributed by atoms with van der Waals surface area (Å²) in [7, 11) is 0. The summed E-state index contributed by atoms with van der Waals surface area (Å²) in [5.74, 6) is -3.38. The Bertz CT molecular complexity index is 474. The number of carbonyl (C=O) groups is 4. The van der Waals surface area contributed by atoms with Crippen LogP contribution in [-0.4, -0.2) is 36.5 Å². The van der Waals surface area contributed by atoms with Crippen LogP contribution in [0.4, 0.5) is 0 Å². The van der Waals surface area contributed by atoms with Crippen LogP contribution in [0.1, 0.15) is 34.1 Å². The lowest BCUT2D eigenvalue weighted by Gasteiger charge is -2.15. The minimum atomic E-state index is -1.18. The van der Waals surface area contributed by atoms with Gasteiger partial charge in [-0.3, -0.25) is 9.59 Å². The third kappa shape index (κ3) is 9.07. The van der Waals surface area contributed by atoms with Crippen molar-refractivity contribution in [2.24, 2.45) is 0 Å². The van der Waals surface area contributed by atoms with Gasteiger partial charge in [-0.2, -0.15) is 0 Å². The van der Waals surface area contributed by atoms with Gasteiger partial charge in [-0.1, -0.05) is 13.2 Å². The van der Waals surface area contributed by atoms with Crippen molar-refractivity contribution in [3.8, 4) is 0 Å². The van der Waals surface area contributed by atoms with Gasteiger partial charge in [-0.15, -0.1) is 0 Å². The molecule has 0 bridgehead atoms. The lowest BCUT2D eigenvalue weighted by molar-refractivity contribution is -0.188. The molecule has 2 atom stereocenters. The Kier molecular flexibility index (Phi) is 8.31. The monoisotopic (exact) mass is 328 g/mol. The molecule has 0 fully saturated rings. The van der Waals surface area contributed by atoms with Crippen molar-refractivity contribution in [2.45, 2.75) is 46.7 Å². The molecule has 0 aliphatic carbocycles. The zero-order valence-corrected chi connectivity index (χ0v) is 13.5. The van der Waals surface area contributed by atoms with Crippen LogP contribution in [0.2, 0.25) is 0 Å². The molecule has 0 aromatic heterocycles. The molecule has 0 aromatic carbocycles. The highest BCUT2D eigenvalue weighted by Gasteiger charge is 2.20. The van der Waals surface area contributed by atoms with Crippen LogP contribution in [0.25, 0.3) is 0 Å². The smallest absolute Gasteiger partial charge is 0.336 e. The minimum absolute atomic E-state index is 0.139. The van der Waals surface area contributed by atoms with Crippen molar-refractivity contribution in [3.05, 3.63) is 24.3 Å². The van der Waals surface area contributed by atoms with E-state index in [1.807, 2.05) is 0 Å². The molecule has 2 unspecified atom stereocenters. The molecule has 0 radical (unpaired) electrons. The SMILES string of the molecule is C=C(C)C(=O)OC(C)OC(=O)CC(=O)OC(C)OC(=O)C(=C)C. The van der Waals surface area contributed by atoms with E-state index in [9.17, 15) is 19.2 Å². The van der Waals surface area contributed by atoms with Crippen LogP contribution < -0.4 is 0 Å². The zero-order chi connectivity index (χ0) is 18.2. The first-order valence-corrected chi connectivity index (χ1v) is 6.64. The molecule has 0 heterocycles. The summed E-state index contributed by atoms with van der Waals surface area (Å²) < 4.78 is 18.8. The Morgan fingerprint density at radius 3 is 1.30 bits per heavy atom. The maximum Gasteiger partial charge on any atom is 0.336 e. The third-order valence-electron chi connectivity index (χ3n) is 2.13. The van der Waals surface area contributed by atoms with Crippen molar-refractivity contribution < 1.29 is 38.1 Å². The second kappa shape index (κ2) is 9.39. The average Bonchev–Trinajstić information content (AvgIpc) is 2.36. The van der Waals surface area contributed by atoms with E-state index in [1.165, 1.54) is 27.7 Å². The van der Waals surface area contributed by atoms with E-state index in [2.05, 4.69) is 13.2 Å². The first-order chi connectivity index (χ1) is 10.5. The number of hydrogen-bond donors (Lipinski definition) is 0. The predicted molar refractivity (Wildman–Crippen MR) is 77.5 cm³/mol. The summed E-state index contributed by atoms with van der Waals surface area (Å²) in [6.45, 7) is 12.2. The van der Waals surface area contributed by atoms with E-state index in [4.69, 9.17) is 18.9 Å². The summed E-state index contributed by atoms with van der Waals surface area (Å²) in [6, 6.07) is 0. The van der Waals surface area contributed by atoms with E-state index in [1.54, 1.807) is 0 Å². The second-order valence-corrected chi connectivity index (χ2v) is 4.66. The molecule has 0 spiro atoms. The van der Waals surface area contributed by atoms with Crippen molar-refractivity contribution in [2.75, 3.05) is 0 Å². The van der Waals surface area contributed by atoms with E-state index in [0.29, 0.717) is 0 Å². The second-order valence-electron chi connectivity index (χ2n) is 4.66. The highest BCUT2D eigenvalue weighted by atomic mass is 16.7. The molecule has 8 heteroatoms. The Balaban J connectivity index is 4.22. The van der Waals surface area contributed by atoms with Gasteiger partial charge in [0.25, 0.3) is 0 Å². The highest BCUT2D eigenvalue weighted by Crippen LogP contribution is 2.05. The standard InChI is InChI=1S/C15H20O8/c1-8(2)14(18)22-10(5)20-12(16)7-13(17)21-11(6)23-15(19)9(3)4/h10-11H,1,3,7H2,2,4-6H3. The summed E-state index contributed by atoms with van der Waals surface area (Å²) in [4.78, 5) is 45.3. The lowest BCUT2D eigenvalue weighted by atomic mass is 10.4. The highest BCUT2D eigenvalue weighted by molar-refractivity contribution is 5.91. The van der Waals surface area contributed by atoms with Crippen LogP contribution in [-0.2, 0) is 38.1 Å². The Morgan fingerprint density at radius 2 is 1.04 bits per heavy atom. The summed E-state index contributed by atoms with van der Waals surface area (Å²) in [5.41, 5.74) is 0.279. The van der Waals surface area contributed by atoms with Crippen LogP contribution in [0.3, 0.4) is 0 Å². The first kappa shape index (κ1) is 20.4. The van der Waals surface area contributed by atoms with Gasteiger partial charge in [-0.25, -0.2) is 9.59 Å². The van der Waals surface area contributed by atoms with Gasteiger partial charge in [0.2, 0.25) is 12.6 Å². The molecule has 23 heavy (non-hydrogen) atoms. The van der Waals surface area contributed by atoms with E-state index in [-0.39, 0.29) is 11.1 Å². The van der Waals surface area contributed by atoms with Crippen LogP contribution in [0.5, 0.6) is 0 Å². The summed E-state index contributed by atoms with van der Waals surface area (Å²) >= 11 is 0. The van der Waals surface area contributed by atoms with Crippen molar-refractivity contribution >= 4 is 23.9 Å². The van der Waals surface area contributed by atoms with Crippen molar-refractivity contribution in [3.63, 3.8) is 0 Å². The molecule has 0 rings (SSSR count). The van der Waals surface area contributed by atoms with Crippen molar-refractivity contribution in [1.82, 2.24) is 0 Å². The lowest BCUT2D eigenvalue weighted by Crippen LogP contribution is -2.26. The van der Waals surface area contributed by atoms with Gasteiger partial charge < -0.3 is 18.9 Å². The quantitative estimate of drug-likeness (QED) is 0.285. The number of carbonyl (C=O) groups excluding carboxylic acids is 4. The molecule has 0 N–H and O–H groups in total. The molecular weight excluding hydrogens is 308 g/mol. The predicted octanol–water partition coefficient (Wildman–Crippen LogP) is 1.39. The molecule has 0 aromatic rings. The largest absolute Gasteiger partial charge is 0.425 e. The Morgan fingerprint density at radius 1 is 0.739 bits per heavy atom. The molecule has 0 saturated carbocycles. The summed E-state index contributed by atoms with van der Waals surface area (Å²) in [5, 5.41) is 0. The van der Waals surface area contributed by atoms with Gasteiger partial charge in [0.1, 0.15) is 6.42 Å². The molecule has 0 aliphatic heterocycles. The van der Waals surface area contributed by atoms with E-state index >= 15 is 0 Å². The van der Waals surface area contributed by atoms with Gasteiger partial charge in [0.05, 0.1) is 0 Å². The van der Waals surface area contributed by atoms with Gasteiger partial charge in [0.15, 0.2) is 0 Å². The van der Waals surface area contributed by atoms with Gasteiger partial charge >= 0.3 is 23.9 Å². The van der Waals surface area contributed by atoms with E-state index < -0.39 is 42.9 Å². The first-order valence-electron chi connectivity index (χ1n) is 6.64. The van der Waals surface area contributed by atoms with E-state index in [0.717, 1.165) is 0 Å². The fourth-order valence-electron chi connectivity index (χ4n) is 1.12. The zero-order valence-electron chi connectivity index (χ0n) is 13.5. The fraction of sp³-hybridized carbons (Fsp3) is 0.467. The number of esters is 4. The number of rotatable bonds is 8. The molecule has 0 amide bonds. The third-order valence-corrected chi connectivity index (χ3v) is 2.13. The Hall–Kier alpha value is -2.64. The summed E-state index contributed by atoms with van der Waals surface area (Å²) in [6.07, 6.45) is -3.10. The topological polar surface area (TPSA) is 105 Å². The fourth-order valence-corrected chi connectivity index (χ4v) is 1.12. The minimum Gasteiger partial charge on any atom is -0.425 e. The molecule has 0 saturated heterocycles. The van der Waals surface area contributed by atoms with Crippen molar-refractivity contribution in [1.29, 1.82) is 0 Å². The van der Waals surface area contributed by atoms with Gasteiger partial charge in [-0.05, 0) is 13.8 Å². The number of ether oxygens (including phenoxy) is 4. The maximum atomic E-state index is 11.5. The molecule has 128 valence electrons. The molecular formula is C15H20O8. The van der Waals surface area contributed by atoms with Crippen LogP contribution >= 0.6 is 0 Å². The van der Waals surface area contributed by atoms with Crippen LogP contribution in [0.15, 0.2) is 24.3 Å². The number of hydrogen-bond acceptors (Lipinski definition) is 8.